The molecule has 0 bridgehead atoms. The molecule has 0 spiro atoms. The molecule has 1 N–H and O–H groups in total. The third-order valence-electron chi connectivity index (χ3n) is 3.06. The van der Waals surface area contributed by atoms with Crippen molar-refractivity contribution in [3.05, 3.63) is 23.5 Å². The maximum atomic E-state index is 14.1. The van der Waals surface area contributed by atoms with Gasteiger partial charge in [0.25, 0.3) is 0 Å². The van der Waals surface area contributed by atoms with E-state index in [0.717, 1.165) is 18.4 Å². The van der Waals surface area contributed by atoms with Crippen molar-refractivity contribution in [2.75, 3.05) is 12.5 Å². The smallest absolute Gasteiger partial charge is 0.309 e. The van der Waals surface area contributed by atoms with E-state index in [-0.39, 0.29) is 12.0 Å². The predicted octanol–water partition coefficient (Wildman–Crippen LogP) is 1.29. The van der Waals surface area contributed by atoms with Crippen LogP contribution in [-0.4, -0.2) is 40.4 Å². The van der Waals surface area contributed by atoms with Gasteiger partial charge in [0.05, 0.1) is 10.3 Å². The van der Waals surface area contributed by atoms with Crippen LogP contribution < -0.4 is 0 Å². The zero-order valence-corrected chi connectivity index (χ0v) is 14.2. The average Bonchev–Trinajstić information content (AvgIpc) is 2.23. The van der Waals surface area contributed by atoms with Crippen LogP contribution in [0, 0.1) is 11.2 Å². The van der Waals surface area contributed by atoms with Crippen LogP contribution in [0.3, 0.4) is 0 Å². The SMILES string of the molecule is CC(C)(Cc1cc(F)c(S(C)(=O)=O)c(S(C)(=O)=O)c1)C(=O)O. The third-order valence-corrected chi connectivity index (χ3v) is 5.47. The molecular formula is C13H17FO6S2. The average molecular weight is 352 g/mol. The molecular weight excluding hydrogens is 335 g/mol. The van der Waals surface area contributed by atoms with Crippen LogP contribution in [0.4, 0.5) is 4.39 Å². The summed E-state index contributed by atoms with van der Waals surface area (Å²) < 4.78 is 60.9. The first-order chi connectivity index (χ1) is 9.66. The quantitative estimate of drug-likeness (QED) is 0.856. The molecule has 9 heteroatoms. The fraction of sp³-hybridized carbons (Fsp3) is 0.462. The molecule has 0 saturated heterocycles. The molecule has 22 heavy (non-hydrogen) atoms. The number of carbonyl (C=O) groups is 1. The molecule has 0 heterocycles. The van der Waals surface area contributed by atoms with Crippen molar-refractivity contribution in [2.45, 2.75) is 30.1 Å². The van der Waals surface area contributed by atoms with Gasteiger partial charge in [0, 0.05) is 12.5 Å². The van der Waals surface area contributed by atoms with Crippen molar-refractivity contribution in [1.82, 2.24) is 0 Å². The first kappa shape index (κ1) is 18.6. The predicted molar refractivity (Wildman–Crippen MR) is 77.7 cm³/mol. The van der Waals surface area contributed by atoms with Gasteiger partial charge in [-0.25, -0.2) is 21.2 Å². The molecule has 0 saturated carbocycles. The minimum atomic E-state index is -4.09. The van der Waals surface area contributed by atoms with E-state index < -0.39 is 46.7 Å². The lowest BCUT2D eigenvalue weighted by atomic mass is 9.86. The largest absolute Gasteiger partial charge is 0.481 e. The number of carboxylic acids is 1. The Balaban J connectivity index is 3.64. The molecule has 0 aromatic heterocycles. The van der Waals surface area contributed by atoms with Crippen molar-refractivity contribution in [3.63, 3.8) is 0 Å². The normalized spacial score (nSPS) is 13.1. The number of aliphatic carboxylic acids is 1. The Morgan fingerprint density at radius 1 is 1.14 bits per heavy atom. The Morgan fingerprint density at radius 3 is 2.00 bits per heavy atom. The number of sulfone groups is 2. The summed E-state index contributed by atoms with van der Waals surface area (Å²) in [5.41, 5.74) is -1.16. The second-order valence-electron chi connectivity index (χ2n) is 5.82. The van der Waals surface area contributed by atoms with Gasteiger partial charge in [0.1, 0.15) is 10.7 Å². The van der Waals surface area contributed by atoms with Crippen LogP contribution in [-0.2, 0) is 30.9 Å². The van der Waals surface area contributed by atoms with Gasteiger partial charge in [-0.15, -0.1) is 0 Å². The second kappa shape index (κ2) is 5.62. The highest BCUT2D eigenvalue weighted by atomic mass is 32.2. The summed E-state index contributed by atoms with van der Waals surface area (Å²) in [7, 11) is -8.10. The molecule has 0 unspecified atom stereocenters. The molecule has 6 nitrogen and oxygen atoms in total. The molecule has 0 atom stereocenters. The van der Waals surface area contributed by atoms with Gasteiger partial charge in [-0.05, 0) is 38.0 Å². The van der Waals surface area contributed by atoms with Crippen molar-refractivity contribution in [1.29, 1.82) is 0 Å². The van der Waals surface area contributed by atoms with Crippen LogP contribution in [0.25, 0.3) is 0 Å². The zero-order chi connectivity index (χ0) is 17.5. The number of hydrogen-bond acceptors (Lipinski definition) is 5. The summed E-state index contributed by atoms with van der Waals surface area (Å²) in [6, 6.07) is 1.87. The molecule has 0 aliphatic rings. The van der Waals surface area contributed by atoms with Gasteiger partial charge in [-0.2, -0.15) is 0 Å². The van der Waals surface area contributed by atoms with Crippen LogP contribution in [0.1, 0.15) is 19.4 Å². The van der Waals surface area contributed by atoms with E-state index in [4.69, 9.17) is 5.11 Å². The van der Waals surface area contributed by atoms with Crippen molar-refractivity contribution < 1.29 is 31.1 Å². The minimum Gasteiger partial charge on any atom is -0.481 e. The van der Waals surface area contributed by atoms with E-state index >= 15 is 0 Å². The Bertz CT molecular complexity index is 822. The Kier molecular flexibility index (Phi) is 4.74. The Morgan fingerprint density at radius 2 is 1.64 bits per heavy atom. The van der Waals surface area contributed by atoms with E-state index in [9.17, 15) is 26.0 Å². The fourth-order valence-electron chi connectivity index (χ4n) is 1.94. The van der Waals surface area contributed by atoms with Gasteiger partial charge >= 0.3 is 5.97 Å². The van der Waals surface area contributed by atoms with Gasteiger partial charge in [0.2, 0.25) is 0 Å². The summed E-state index contributed by atoms with van der Waals surface area (Å²) in [4.78, 5) is 9.55. The van der Waals surface area contributed by atoms with Gasteiger partial charge < -0.3 is 5.11 Å². The highest BCUT2D eigenvalue weighted by Crippen LogP contribution is 2.29. The van der Waals surface area contributed by atoms with Crippen LogP contribution in [0.5, 0.6) is 0 Å². The number of carboxylic acid groups (broad SMARTS) is 1. The van der Waals surface area contributed by atoms with Crippen molar-refractivity contribution >= 4 is 25.6 Å². The highest BCUT2D eigenvalue weighted by Gasteiger charge is 2.31. The molecule has 0 fully saturated rings. The summed E-state index contributed by atoms with van der Waals surface area (Å²) >= 11 is 0. The van der Waals surface area contributed by atoms with Gasteiger partial charge in [0.15, 0.2) is 19.7 Å². The van der Waals surface area contributed by atoms with E-state index in [1.165, 1.54) is 13.8 Å². The molecule has 0 aliphatic carbocycles. The summed E-state index contributed by atoms with van der Waals surface area (Å²) in [5.74, 6) is -2.34. The molecule has 1 aromatic rings. The van der Waals surface area contributed by atoms with E-state index in [2.05, 4.69) is 0 Å². The van der Waals surface area contributed by atoms with Crippen LogP contribution in [0.15, 0.2) is 21.9 Å². The number of halogens is 1. The summed E-state index contributed by atoms with van der Waals surface area (Å²) in [6.07, 6.45) is 1.33. The van der Waals surface area contributed by atoms with Crippen molar-refractivity contribution in [3.8, 4) is 0 Å². The maximum Gasteiger partial charge on any atom is 0.309 e. The Hall–Kier alpha value is -1.48. The molecule has 0 radical (unpaired) electrons. The van der Waals surface area contributed by atoms with E-state index in [1.807, 2.05) is 0 Å². The number of benzene rings is 1. The minimum absolute atomic E-state index is 0.0951. The number of rotatable bonds is 5. The molecule has 1 aromatic carbocycles. The Labute approximate surface area is 128 Å². The molecule has 0 aliphatic heterocycles. The number of hydrogen-bond donors (Lipinski definition) is 1. The lowest BCUT2D eigenvalue weighted by molar-refractivity contribution is -0.146. The van der Waals surface area contributed by atoms with Crippen molar-refractivity contribution in [2.24, 2.45) is 5.41 Å². The first-order valence-corrected chi connectivity index (χ1v) is 9.90. The van der Waals surface area contributed by atoms with Crippen LogP contribution in [0.2, 0.25) is 0 Å². The monoisotopic (exact) mass is 352 g/mol. The van der Waals surface area contributed by atoms with Gasteiger partial charge in [-0.3, -0.25) is 4.79 Å². The topological polar surface area (TPSA) is 106 Å². The fourth-order valence-corrected chi connectivity index (χ4v) is 4.49. The molecule has 1 rings (SSSR count). The van der Waals surface area contributed by atoms with Crippen LogP contribution >= 0.6 is 0 Å². The standard InChI is InChI=1S/C13H17FO6S2/c1-13(2,12(15)16)7-8-5-9(14)11(22(4,19)20)10(6-8)21(3,17)18/h5-6H,7H2,1-4H3,(H,15,16). The lowest BCUT2D eigenvalue weighted by Crippen LogP contribution is -2.26. The second-order valence-corrected chi connectivity index (χ2v) is 9.75. The zero-order valence-electron chi connectivity index (χ0n) is 12.5. The van der Waals surface area contributed by atoms with E-state index in [0.29, 0.717) is 6.26 Å². The third kappa shape index (κ3) is 4.04. The maximum absolute atomic E-state index is 14.1. The molecule has 0 amide bonds. The van der Waals surface area contributed by atoms with Gasteiger partial charge in [-0.1, -0.05) is 0 Å². The highest BCUT2D eigenvalue weighted by molar-refractivity contribution is 7.93. The first-order valence-electron chi connectivity index (χ1n) is 6.12. The summed E-state index contributed by atoms with van der Waals surface area (Å²) in [6.45, 7) is 2.80. The molecule has 124 valence electrons. The summed E-state index contributed by atoms with van der Waals surface area (Å²) in [5, 5.41) is 9.08. The lowest BCUT2D eigenvalue weighted by Gasteiger charge is -2.20. The van der Waals surface area contributed by atoms with E-state index in [1.54, 1.807) is 0 Å².